The van der Waals surface area contributed by atoms with Crippen molar-refractivity contribution in [2.45, 2.75) is 51.4 Å². The number of nitrogens with one attached hydrogen (secondary N) is 1. The monoisotopic (exact) mass is 461 g/mol. The molecular formula is C26H31N5O3. The molecule has 0 saturated carbocycles. The quantitative estimate of drug-likeness (QED) is 0.608. The Bertz CT molecular complexity index is 1180. The third-order valence-electron chi connectivity index (χ3n) is 6.88. The fourth-order valence-corrected chi connectivity index (χ4v) is 5.12. The lowest BCUT2D eigenvalue weighted by atomic mass is 10.0. The highest BCUT2D eigenvalue weighted by Gasteiger charge is 2.35. The molecule has 8 heteroatoms. The Kier molecular flexibility index (Phi) is 6.24. The SMILES string of the molecule is CCC(NC(=O)c1cc(C(=O)N2CCCC2c2ccn(C)n2)n2c1COCC2)c1ccccc1. The van der Waals surface area contributed by atoms with Gasteiger partial charge in [0.15, 0.2) is 0 Å². The molecule has 2 atom stereocenters. The summed E-state index contributed by atoms with van der Waals surface area (Å²) in [5.74, 6) is -0.225. The molecule has 0 aliphatic carbocycles. The predicted octanol–water partition coefficient (Wildman–Crippen LogP) is 3.61. The number of fused-ring (bicyclic) bond motifs is 1. The van der Waals surface area contributed by atoms with Crippen LogP contribution in [0.25, 0.3) is 0 Å². The van der Waals surface area contributed by atoms with Crippen LogP contribution in [0.3, 0.4) is 0 Å². The van der Waals surface area contributed by atoms with Gasteiger partial charge in [-0.2, -0.15) is 5.10 Å². The lowest BCUT2D eigenvalue weighted by Gasteiger charge is -2.25. The lowest BCUT2D eigenvalue weighted by molar-refractivity contribution is 0.0672. The number of likely N-dealkylation sites (tertiary alicyclic amines) is 1. The molecule has 2 aliphatic rings. The number of aryl methyl sites for hydroxylation is 1. The van der Waals surface area contributed by atoms with Crippen LogP contribution >= 0.6 is 0 Å². The molecule has 2 aliphatic heterocycles. The van der Waals surface area contributed by atoms with Gasteiger partial charge >= 0.3 is 0 Å². The summed E-state index contributed by atoms with van der Waals surface area (Å²) in [5, 5.41) is 7.71. The van der Waals surface area contributed by atoms with Crippen LogP contribution in [0.15, 0.2) is 48.7 Å². The Balaban J connectivity index is 1.43. The van der Waals surface area contributed by atoms with Gasteiger partial charge in [0, 0.05) is 26.3 Å². The van der Waals surface area contributed by atoms with Gasteiger partial charge in [0.25, 0.3) is 11.8 Å². The zero-order chi connectivity index (χ0) is 23.7. The highest BCUT2D eigenvalue weighted by molar-refractivity contribution is 6.01. The molecule has 5 rings (SSSR count). The molecule has 2 amide bonds. The summed E-state index contributed by atoms with van der Waals surface area (Å²) in [4.78, 5) is 29.0. The van der Waals surface area contributed by atoms with Gasteiger partial charge in [-0.05, 0) is 37.0 Å². The molecule has 2 unspecified atom stereocenters. The van der Waals surface area contributed by atoms with E-state index in [0.717, 1.165) is 36.2 Å². The van der Waals surface area contributed by atoms with E-state index in [1.807, 2.05) is 59.1 Å². The van der Waals surface area contributed by atoms with Crippen molar-refractivity contribution >= 4 is 11.8 Å². The first-order valence-corrected chi connectivity index (χ1v) is 12.0. The van der Waals surface area contributed by atoms with Crippen LogP contribution in [0.2, 0.25) is 0 Å². The molecule has 178 valence electrons. The van der Waals surface area contributed by atoms with Crippen LogP contribution in [0.4, 0.5) is 0 Å². The molecule has 0 spiro atoms. The van der Waals surface area contributed by atoms with Crippen molar-refractivity contribution in [2.24, 2.45) is 7.05 Å². The van der Waals surface area contributed by atoms with Gasteiger partial charge in [0.1, 0.15) is 5.69 Å². The van der Waals surface area contributed by atoms with E-state index in [4.69, 9.17) is 4.74 Å². The molecule has 2 aromatic heterocycles. The molecule has 8 nitrogen and oxygen atoms in total. The zero-order valence-electron chi connectivity index (χ0n) is 19.7. The number of aromatic nitrogens is 3. The van der Waals surface area contributed by atoms with Gasteiger partial charge < -0.3 is 19.5 Å². The second kappa shape index (κ2) is 9.46. The Hall–Kier alpha value is -3.39. The second-order valence-electron chi connectivity index (χ2n) is 9.01. The van der Waals surface area contributed by atoms with Crippen LogP contribution in [0.5, 0.6) is 0 Å². The number of hydrogen-bond acceptors (Lipinski definition) is 4. The third kappa shape index (κ3) is 4.14. The Morgan fingerprint density at radius 3 is 2.76 bits per heavy atom. The topological polar surface area (TPSA) is 81.4 Å². The van der Waals surface area contributed by atoms with Crippen LogP contribution in [0, 0.1) is 0 Å². The maximum atomic E-state index is 13.7. The highest BCUT2D eigenvalue weighted by atomic mass is 16.5. The van der Waals surface area contributed by atoms with Gasteiger partial charge in [-0.3, -0.25) is 14.3 Å². The van der Waals surface area contributed by atoms with Gasteiger partial charge in [0.05, 0.1) is 42.2 Å². The van der Waals surface area contributed by atoms with E-state index < -0.39 is 0 Å². The minimum absolute atomic E-state index is 0.0421. The Morgan fingerprint density at radius 1 is 1.21 bits per heavy atom. The maximum Gasteiger partial charge on any atom is 0.271 e. The Labute approximate surface area is 199 Å². The second-order valence-corrected chi connectivity index (χ2v) is 9.01. The standard InChI is InChI=1S/C26H31N5O3/c1-3-20(18-8-5-4-6-9-18)27-25(32)19-16-23(30-14-15-34-17-24(19)30)26(33)31-12-7-10-22(31)21-11-13-29(2)28-21/h4-6,8-9,11,13,16,20,22H,3,7,10,12,14-15,17H2,1-2H3,(H,27,32). The van der Waals surface area contributed by atoms with E-state index in [1.54, 1.807) is 10.7 Å². The molecule has 1 N–H and O–H groups in total. The number of carbonyl (C=O) groups is 2. The van der Waals surface area contributed by atoms with E-state index in [9.17, 15) is 9.59 Å². The number of hydrogen-bond donors (Lipinski definition) is 1. The molecule has 0 radical (unpaired) electrons. The summed E-state index contributed by atoms with van der Waals surface area (Å²) >= 11 is 0. The van der Waals surface area contributed by atoms with E-state index in [2.05, 4.69) is 17.3 Å². The van der Waals surface area contributed by atoms with Crippen molar-refractivity contribution in [1.29, 1.82) is 0 Å². The van der Waals surface area contributed by atoms with Crippen LogP contribution in [-0.4, -0.2) is 44.2 Å². The summed E-state index contributed by atoms with van der Waals surface area (Å²) in [7, 11) is 1.89. The van der Waals surface area contributed by atoms with Crippen molar-refractivity contribution < 1.29 is 14.3 Å². The number of carbonyl (C=O) groups excluding carboxylic acids is 2. The summed E-state index contributed by atoms with van der Waals surface area (Å²) < 4.78 is 9.42. The average molecular weight is 462 g/mol. The first-order chi connectivity index (χ1) is 16.6. The molecule has 3 aromatic rings. The normalized spacial score (nSPS) is 18.5. The summed E-state index contributed by atoms with van der Waals surface area (Å²) in [5.41, 5.74) is 3.82. The zero-order valence-corrected chi connectivity index (χ0v) is 19.7. The molecule has 4 heterocycles. The number of amides is 2. The molecular weight excluding hydrogens is 430 g/mol. The number of rotatable bonds is 6. The Morgan fingerprint density at radius 2 is 2.03 bits per heavy atom. The third-order valence-corrected chi connectivity index (χ3v) is 6.88. The van der Waals surface area contributed by atoms with E-state index in [1.165, 1.54) is 0 Å². The van der Waals surface area contributed by atoms with Crippen molar-refractivity contribution in [2.75, 3.05) is 13.2 Å². The van der Waals surface area contributed by atoms with Crippen molar-refractivity contribution in [3.63, 3.8) is 0 Å². The lowest BCUT2D eigenvalue weighted by Crippen LogP contribution is -2.33. The largest absolute Gasteiger partial charge is 0.373 e. The van der Waals surface area contributed by atoms with E-state index in [0.29, 0.717) is 37.6 Å². The minimum atomic E-state index is -0.174. The fraction of sp³-hybridized carbons (Fsp3) is 0.423. The number of ether oxygens (including phenoxy) is 1. The predicted molar refractivity (Wildman–Crippen MR) is 127 cm³/mol. The average Bonchev–Trinajstić information content (AvgIpc) is 3.60. The van der Waals surface area contributed by atoms with Crippen LogP contribution in [0.1, 0.15) is 76.1 Å². The van der Waals surface area contributed by atoms with Crippen molar-refractivity contribution in [1.82, 2.24) is 24.6 Å². The van der Waals surface area contributed by atoms with Gasteiger partial charge in [-0.15, -0.1) is 0 Å². The van der Waals surface area contributed by atoms with Crippen LogP contribution < -0.4 is 5.32 Å². The molecule has 1 aromatic carbocycles. The van der Waals surface area contributed by atoms with Crippen molar-refractivity contribution in [3.8, 4) is 0 Å². The summed E-state index contributed by atoms with van der Waals surface area (Å²) in [6.45, 7) is 4.14. The first-order valence-electron chi connectivity index (χ1n) is 12.0. The molecule has 1 fully saturated rings. The summed E-state index contributed by atoms with van der Waals surface area (Å²) in [6, 6.07) is 13.6. The maximum absolute atomic E-state index is 13.7. The van der Waals surface area contributed by atoms with Gasteiger partial charge in [0.2, 0.25) is 0 Å². The van der Waals surface area contributed by atoms with E-state index in [-0.39, 0.29) is 23.9 Å². The summed E-state index contributed by atoms with van der Waals surface area (Å²) in [6.07, 6.45) is 4.51. The van der Waals surface area contributed by atoms with Gasteiger partial charge in [-0.25, -0.2) is 0 Å². The van der Waals surface area contributed by atoms with Gasteiger partial charge in [-0.1, -0.05) is 37.3 Å². The van der Waals surface area contributed by atoms with E-state index >= 15 is 0 Å². The van der Waals surface area contributed by atoms with Crippen molar-refractivity contribution in [3.05, 3.63) is 76.9 Å². The number of nitrogens with zero attached hydrogens (tertiary/aromatic N) is 4. The highest BCUT2D eigenvalue weighted by Crippen LogP contribution is 2.33. The molecule has 0 bridgehead atoms. The smallest absolute Gasteiger partial charge is 0.271 e. The minimum Gasteiger partial charge on any atom is -0.373 e. The number of benzene rings is 1. The molecule has 34 heavy (non-hydrogen) atoms. The fourth-order valence-electron chi connectivity index (χ4n) is 5.12. The van der Waals surface area contributed by atoms with Crippen LogP contribution in [-0.2, 0) is 24.9 Å². The first kappa shape index (κ1) is 22.4. The molecule has 1 saturated heterocycles.